The summed E-state index contributed by atoms with van der Waals surface area (Å²) < 4.78 is 0. The number of hydrogen-bond donors (Lipinski definition) is 8. The number of hydrazine groups is 2. The van der Waals surface area contributed by atoms with Crippen LogP contribution in [0.25, 0.3) is 24.3 Å². The number of aromatic nitrogens is 4. The number of nitrogens with one attached hydrogen (secondary N) is 6. The fraction of sp³-hybridized carbons (Fsp3) is 0.353. The van der Waals surface area contributed by atoms with Crippen molar-refractivity contribution in [2.45, 2.75) is 80.1 Å². The van der Waals surface area contributed by atoms with Gasteiger partial charge in [0.2, 0.25) is 11.8 Å². The van der Waals surface area contributed by atoms with Gasteiger partial charge in [-0.25, -0.2) is 11.7 Å². The minimum atomic E-state index is -0.221. The summed E-state index contributed by atoms with van der Waals surface area (Å²) in [5.74, 6) is 10.4. The zero-order valence-electron chi connectivity index (χ0n) is 26.5. The number of H-pyrrole nitrogens is 4. The molecule has 0 saturated carbocycles. The molecule has 0 atom stereocenters. The first-order valence-corrected chi connectivity index (χ1v) is 15.3. The molecular formula is C34H44N8O2. The SMILES string of the molecule is CCc1c2[nH]c(c1C)C=c1[nH]c(c(CCC(=O)NN)c1C)=Cc1[nH]c(c(C)c1CCC(=O)NN)C=c1[nH]c(c(CC)c1C)=C2. The van der Waals surface area contributed by atoms with Crippen molar-refractivity contribution in [1.82, 2.24) is 30.8 Å². The van der Waals surface area contributed by atoms with Crippen molar-refractivity contribution in [3.05, 3.63) is 88.7 Å². The van der Waals surface area contributed by atoms with Crippen molar-refractivity contribution in [3.63, 3.8) is 0 Å². The predicted octanol–water partition coefficient (Wildman–Crippen LogP) is 0.831. The molecule has 1 aliphatic heterocycles. The van der Waals surface area contributed by atoms with Crippen LogP contribution in [0.3, 0.4) is 0 Å². The number of rotatable bonds is 8. The van der Waals surface area contributed by atoms with Crippen molar-refractivity contribution < 1.29 is 9.59 Å². The molecule has 4 aromatic rings. The first-order chi connectivity index (χ1) is 21.1. The molecule has 2 amide bonds. The maximum absolute atomic E-state index is 12.2. The Hall–Kier alpha value is -4.54. The lowest BCUT2D eigenvalue weighted by molar-refractivity contribution is -0.121. The molecule has 4 aromatic heterocycles. The van der Waals surface area contributed by atoms with Gasteiger partial charge in [-0.05, 0) is 122 Å². The number of carbonyl (C=O) groups excluding carboxylic acids is 2. The topological polar surface area (TPSA) is 173 Å². The van der Waals surface area contributed by atoms with Crippen LogP contribution in [0.4, 0.5) is 0 Å². The molecule has 10 N–H and O–H groups in total. The maximum Gasteiger partial charge on any atom is 0.234 e. The van der Waals surface area contributed by atoms with Crippen LogP contribution in [-0.4, -0.2) is 31.8 Å². The van der Waals surface area contributed by atoms with Crippen molar-refractivity contribution in [3.8, 4) is 0 Å². The average molecular weight is 597 g/mol. The summed E-state index contributed by atoms with van der Waals surface area (Å²) in [4.78, 5) is 39.0. The van der Waals surface area contributed by atoms with E-state index in [-0.39, 0.29) is 24.7 Å². The van der Waals surface area contributed by atoms with E-state index in [1.165, 1.54) is 22.3 Å². The summed E-state index contributed by atoms with van der Waals surface area (Å²) >= 11 is 0. The number of carbonyl (C=O) groups is 2. The number of amides is 2. The number of hydrogen-bond acceptors (Lipinski definition) is 4. The van der Waals surface area contributed by atoms with Crippen LogP contribution < -0.4 is 43.9 Å². The van der Waals surface area contributed by atoms with Crippen molar-refractivity contribution in [2.24, 2.45) is 11.7 Å². The van der Waals surface area contributed by atoms with Crippen molar-refractivity contribution in [1.29, 1.82) is 0 Å². The summed E-state index contributed by atoms with van der Waals surface area (Å²) in [6.45, 7) is 12.9. The second kappa shape index (κ2) is 12.6. The lowest BCUT2D eigenvalue weighted by Gasteiger charge is -2.03. The first-order valence-electron chi connectivity index (χ1n) is 15.3. The van der Waals surface area contributed by atoms with Crippen LogP contribution in [0.5, 0.6) is 0 Å². The third-order valence-corrected chi connectivity index (χ3v) is 9.19. The average Bonchev–Trinajstić information content (AvgIpc) is 3.67. The molecule has 5 rings (SSSR count). The van der Waals surface area contributed by atoms with E-state index in [9.17, 15) is 9.59 Å². The Labute approximate surface area is 256 Å². The van der Waals surface area contributed by atoms with Gasteiger partial charge in [-0.3, -0.25) is 20.4 Å². The van der Waals surface area contributed by atoms with E-state index in [1.807, 2.05) is 0 Å². The fourth-order valence-electron chi connectivity index (χ4n) is 6.54. The Balaban J connectivity index is 1.87. The van der Waals surface area contributed by atoms with E-state index >= 15 is 0 Å². The molecule has 1 aliphatic rings. The first kappa shape index (κ1) is 30.9. The fourth-order valence-corrected chi connectivity index (χ4v) is 6.54. The van der Waals surface area contributed by atoms with E-state index in [4.69, 9.17) is 11.7 Å². The zero-order chi connectivity index (χ0) is 31.7. The van der Waals surface area contributed by atoms with Crippen molar-refractivity contribution >= 4 is 36.1 Å². The highest BCUT2D eigenvalue weighted by molar-refractivity contribution is 5.76. The molecule has 0 fully saturated rings. The molecule has 0 aromatic carbocycles. The van der Waals surface area contributed by atoms with Gasteiger partial charge in [0, 0.05) is 57.0 Å². The van der Waals surface area contributed by atoms with Gasteiger partial charge >= 0.3 is 0 Å². The molecule has 10 heteroatoms. The molecule has 0 spiro atoms. The molecule has 232 valence electrons. The predicted molar refractivity (Wildman–Crippen MR) is 175 cm³/mol. The zero-order valence-corrected chi connectivity index (χ0v) is 26.5. The highest BCUT2D eigenvalue weighted by atomic mass is 16.2. The third-order valence-electron chi connectivity index (χ3n) is 9.19. The Morgan fingerprint density at radius 1 is 0.545 bits per heavy atom. The largest absolute Gasteiger partial charge is 0.355 e. The Morgan fingerprint density at radius 2 is 0.955 bits per heavy atom. The Morgan fingerprint density at radius 3 is 1.45 bits per heavy atom. The van der Waals surface area contributed by atoms with E-state index in [0.29, 0.717) is 12.8 Å². The number of fused-ring (bicyclic) bond motifs is 8. The quantitative estimate of drug-likeness (QED) is 0.0754. The number of aromatic amines is 4. The van der Waals surface area contributed by atoms with Crippen LogP contribution in [0, 0.1) is 27.7 Å². The minimum absolute atomic E-state index is 0.221. The maximum atomic E-state index is 12.2. The van der Waals surface area contributed by atoms with E-state index < -0.39 is 0 Å². The van der Waals surface area contributed by atoms with Crippen molar-refractivity contribution in [2.75, 3.05) is 0 Å². The normalized spacial score (nSPS) is 12.2. The molecule has 0 saturated heterocycles. The highest BCUT2D eigenvalue weighted by Gasteiger charge is 2.17. The van der Waals surface area contributed by atoms with E-state index in [2.05, 4.69) is 96.6 Å². The molecule has 0 radical (unpaired) electrons. The Kier molecular flexibility index (Phi) is 8.85. The van der Waals surface area contributed by atoms with Gasteiger partial charge in [0.15, 0.2) is 0 Å². The van der Waals surface area contributed by atoms with Gasteiger partial charge < -0.3 is 19.9 Å². The molecular weight excluding hydrogens is 552 g/mol. The van der Waals surface area contributed by atoms with Crippen LogP contribution >= 0.6 is 0 Å². The molecule has 10 nitrogen and oxygen atoms in total. The van der Waals surface area contributed by atoms with Gasteiger partial charge in [-0.2, -0.15) is 0 Å². The third kappa shape index (κ3) is 5.70. The molecule has 8 bridgehead atoms. The van der Waals surface area contributed by atoms with Gasteiger partial charge in [0.1, 0.15) is 0 Å². The number of nitrogens with two attached hydrogens (primary N) is 2. The summed E-state index contributed by atoms with van der Waals surface area (Å²) in [6, 6.07) is 0. The van der Waals surface area contributed by atoms with Gasteiger partial charge in [0.25, 0.3) is 0 Å². The van der Waals surface area contributed by atoms with Crippen LogP contribution in [0.1, 0.15) is 94.0 Å². The second-order valence-corrected chi connectivity index (χ2v) is 11.6. The monoisotopic (exact) mass is 596 g/mol. The van der Waals surface area contributed by atoms with Gasteiger partial charge in [0.05, 0.1) is 0 Å². The summed E-state index contributed by atoms with van der Waals surface area (Å²) in [6.07, 6.45) is 12.0. The highest BCUT2D eigenvalue weighted by Crippen LogP contribution is 2.23. The summed E-state index contributed by atoms with van der Waals surface area (Å²) in [7, 11) is 0. The molecule has 0 unspecified atom stereocenters. The summed E-state index contributed by atoms with van der Waals surface area (Å²) in [5.41, 5.74) is 17.7. The lowest BCUT2D eigenvalue weighted by Crippen LogP contribution is -2.30. The molecule has 44 heavy (non-hydrogen) atoms. The summed E-state index contributed by atoms with van der Waals surface area (Å²) in [5, 5.41) is 4.01. The second-order valence-electron chi connectivity index (χ2n) is 11.6. The van der Waals surface area contributed by atoms with E-state index in [0.717, 1.165) is 79.3 Å². The minimum Gasteiger partial charge on any atom is -0.355 e. The van der Waals surface area contributed by atoms with E-state index in [1.54, 1.807) is 0 Å². The van der Waals surface area contributed by atoms with Gasteiger partial charge in [-0.15, -0.1) is 0 Å². The molecule has 5 heterocycles. The van der Waals surface area contributed by atoms with Crippen LogP contribution in [-0.2, 0) is 35.3 Å². The Bertz CT molecular complexity index is 2000. The van der Waals surface area contributed by atoms with Gasteiger partial charge in [-0.1, -0.05) is 13.8 Å². The molecule has 0 aliphatic carbocycles. The lowest BCUT2D eigenvalue weighted by atomic mass is 10.0. The van der Waals surface area contributed by atoms with Crippen LogP contribution in [0.15, 0.2) is 0 Å². The smallest absolute Gasteiger partial charge is 0.234 e. The standard InChI is InChI=1S/C34H44N8O2/c1-7-21-17(3)25-13-27-19(5)23(9-11-33(43)41-35)31(39-27)16-32-24(10-12-34(44)42-36)20(6)28(40-32)14-26-18(4)22(8-2)30(38-26)15-29(21)37-25/h13-16,37-40H,7-12,35-36H2,1-6H3,(H,41,43)(H,42,44). The van der Waals surface area contributed by atoms with Crippen LogP contribution in [0.2, 0.25) is 0 Å².